The van der Waals surface area contributed by atoms with Crippen molar-refractivity contribution in [3.8, 4) is 11.5 Å². The summed E-state index contributed by atoms with van der Waals surface area (Å²) in [6, 6.07) is 17.9. The summed E-state index contributed by atoms with van der Waals surface area (Å²) >= 11 is 0. The molecule has 1 spiro atoms. The van der Waals surface area contributed by atoms with Crippen LogP contribution in [0, 0.1) is 0 Å². The molecule has 0 saturated carbocycles. The van der Waals surface area contributed by atoms with Crippen LogP contribution in [0.2, 0.25) is 0 Å². The molecule has 3 aromatic carbocycles. The number of aryl methyl sites for hydroxylation is 2. The first kappa shape index (κ1) is 17.1. The van der Waals surface area contributed by atoms with Gasteiger partial charge in [0.2, 0.25) is 0 Å². The minimum absolute atomic E-state index is 0.112. The quantitative estimate of drug-likeness (QED) is 0.593. The molecule has 0 amide bonds. The van der Waals surface area contributed by atoms with Crippen LogP contribution in [0.5, 0.6) is 11.5 Å². The summed E-state index contributed by atoms with van der Waals surface area (Å²) in [6.45, 7) is 0. The zero-order valence-corrected chi connectivity index (χ0v) is 17.2. The van der Waals surface area contributed by atoms with Crippen LogP contribution in [-0.2, 0) is 31.1 Å². The van der Waals surface area contributed by atoms with Gasteiger partial charge in [0, 0.05) is 29.4 Å². The first-order valence-electron chi connectivity index (χ1n) is 10.7. The number of benzene rings is 3. The fourth-order valence-electron chi connectivity index (χ4n) is 6.43. The smallest absolute Gasteiger partial charge is 0.122 e. The van der Waals surface area contributed by atoms with Gasteiger partial charge in [-0.15, -0.1) is 0 Å². The molecule has 0 saturated heterocycles. The third-order valence-corrected chi connectivity index (χ3v) is 7.60. The molecule has 0 fully saturated rings. The van der Waals surface area contributed by atoms with Crippen molar-refractivity contribution in [2.24, 2.45) is 0 Å². The fraction of sp³-hybridized carbons (Fsp3) is 0.333. The van der Waals surface area contributed by atoms with Crippen molar-refractivity contribution in [2.45, 2.75) is 43.9 Å². The van der Waals surface area contributed by atoms with Crippen LogP contribution in [-0.4, -0.2) is 14.2 Å². The predicted molar refractivity (Wildman–Crippen MR) is 115 cm³/mol. The van der Waals surface area contributed by atoms with Gasteiger partial charge < -0.3 is 9.47 Å². The molecule has 0 bridgehead atoms. The van der Waals surface area contributed by atoms with Crippen molar-refractivity contribution in [1.82, 2.24) is 0 Å². The molecule has 29 heavy (non-hydrogen) atoms. The van der Waals surface area contributed by atoms with Gasteiger partial charge in [0.05, 0.1) is 14.2 Å². The zero-order chi connectivity index (χ0) is 19.6. The summed E-state index contributed by atoms with van der Waals surface area (Å²) < 4.78 is 11.8. The van der Waals surface area contributed by atoms with Gasteiger partial charge in [0.15, 0.2) is 0 Å². The molecular weight excluding hydrogens is 356 g/mol. The van der Waals surface area contributed by atoms with Gasteiger partial charge in [0.25, 0.3) is 0 Å². The summed E-state index contributed by atoms with van der Waals surface area (Å²) in [5.74, 6) is 2.08. The van der Waals surface area contributed by atoms with Gasteiger partial charge in [-0.3, -0.25) is 0 Å². The first-order valence-corrected chi connectivity index (χ1v) is 10.7. The maximum atomic E-state index is 5.91. The fourth-order valence-corrected chi connectivity index (χ4v) is 6.43. The second-order valence-electron chi connectivity index (χ2n) is 8.77. The summed E-state index contributed by atoms with van der Waals surface area (Å²) in [7, 11) is 3.63. The van der Waals surface area contributed by atoms with E-state index in [0.717, 1.165) is 37.2 Å². The lowest BCUT2D eigenvalue weighted by atomic mass is 9.72. The molecule has 0 N–H and O–H groups in total. The lowest BCUT2D eigenvalue weighted by Gasteiger charge is -2.31. The normalized spacial score (nSPS) is 17.4. The first-order chi connectivity index (χ1) is 14.2. The summed E-state index contributed by atoms with van der Waals surface area (Å²) in [5, 5.41) is 0. The Kier molecular flexibility index (Phi) is 3.62. The molecule has 0 unspecified atom stereocenters. The third kappa shape index (κ3) is 2.23. The van der Waals surface area contributed by atoms with Gasteiger partial charge in [-0.05, 0) is 71.2 Å². The molecule has 3 aliphatic rings. The summed E-state index contributed by atoms with van der Waals surface area (Å²) in [4.78, 5) is 0. The predicted octanol–water partition coefficient (Wildman–Crippen LogP) is 5.38. The Bertz CT molecular complexity index is 1050. The Morgan fingerprint density at radius 1 is 0.621 bits per heavy atom. The molecule has 0 aromatic heterocycles. The Morgan fingerprint density at radius 2 is 1.10 bits per heavy atom. The highest BCUT2D eigenvalue weighted by atomic mass is 16.5. The number of fused-ring (bicyclic) bond motifs is 1. The highest BCUT2D eigenvalue weighted by Gasteiger charge is 2.48. The molecule has 146 valence electrons. The third-order valence-electron chi connectivity index (χ3n) is 7.60. The van der Waals surface area contributed by atoms with E-state index in [1.807, 2.05) is 14.2 Å². The van der Waals surface area contributed by atoms with Crippen LogP contribution in [0.15, 0.2) is 48.5 Å². The largest absolute Gasteiger partial charge is 0.496 e. The molecule has 6 rings (SSSR count). The Labute approximate surface area is 172 Å². The van der Waals surface area contributed by atoms with E-state index in [9.17, 15) is 0 Å². The lowest BCUT2D eigenvalue weighted by molar-refractivity contribution is 0.404. The molecule has 0 heterocycles. The second kappa shape index (κ2) is 6.13. The molecule has 0 atom stereocenters. The van der Waals surface area contributed by atoms with Gasteiger partial charge in [-0.25, -0.2) is 0 Å². The monoisotopic (exact) mass is 382 g/mol. The molecule has 3 aromatic rings. The Morgan fingerprint density at radius 3 is 1.55 bits per heavy atom. The standard InChI is InChI=1S/C27H26O2/c1-28-23-9-7-17-11-13-27-14-12-18-8-10-24(29-2)22(26(18)27)16-20-6-4-3-5-19(20)15-21(23)25(17)27/h3-10H,11-16H2,1-2H3. The number of rotatable bonds is 2. The minimum atomic E-state index is 0.112. The minimum Gasteiger partial charge on any atom is -0.496 e. The molecule has 0 radical (unpaired) electrons. The van der Waals surface area contributed by atoms with Crippen molar-refractivity contribution in [2.75, 3.05) is 14.2 Å². The van der Waals surface area contributed by atoms with Crippen molar-refractivity contribution in [3.63, 3.8) is 0 Å². The highest BCUT2D eigenvalue weighted by molar-refractivity contribution is 5.65. The van der Waals surface area contributed by atoms with Gasteiger partial charge in [0.1, 0.15) is 11.5 Å². The summed E-state index contributed by atoms with van der Waals surface area (Å²) in [6.07, 6.45) is 6.60. The van der Waals surface area contributed by atoms with Crippen LogP contribution < -0.4 is 9.47 Å². The maximum Gasteiger partial charge on any atom is 0.122 e. The Balaban J connectivity index is 1.76. The zero-order valence-electron chi connectivity index (χ0n) is 17.2. The van der Waals surface area contributed by atoms with E-state index < -0.39 is 0 Å². The van der Waals surface area contributed by atoms with E-state index in [4.69, 9.17) is 9.47 Å². The average Bonchev–Trinajstić information content (AvgIpc) is 3.32. The van der Waals surface area contributed by atoms with E-state index in [2.05, 4.69) is 48.5 Å². The Hall–Kier alpha value is -2.74. The maximum absolute atomic E-state index is 5.91. The van der Waals surface area contributed by atoms with Gasteiger partial charge in [-0.1, -0.05) is 36.4 Å². The SMILES string of the molecule is COc1ccc2c3c1Cc1ccccc1Cc1c(OC)ccc4c1C3(CC2)CC4. The molecule has 3 aliphatic carbocycles. The van der Waals surface area contributed by atoms with Crippen molar-refractivity contribution < 1.29 is 9.47 Å². The number of ether oxygens (including phenoxy) is 2. The van der Waals surface area contributed by atoms with Gasteiger partial charge in [-0.2, -0.15) is 0 Å². The van der Waals surface area contributed by atoms with Crippen LogP contribution >= 0.6 is 0 Å². The number of hydrogen-bond acceptors (Lipinski definition) is 2. The van der Waals surface area contributed by atoms with Crippen molar-refractivity contribution in [1.29, 1.82) is 0 Å². The molecule has 2 nitrogen and oxygen atoms in total. The number of methoxy groups -OCH3 is 2. The van der Waals surface area contributed by atoms with Gasteiger partial charge >= 0.3 is 0 Å². The van der Waals surface area contributed by atoms with Crippen molar-refractivity contribution in [3.05, 3.63) is 93.0 Å². The average molecular weight is 383 g/mol. The van der Waals surface area contributed by atoms with E-state index in [0.29, 0.717) is 0 Å². The van der Waals surface area contributed by atoms with Crippen molar-refractivity contribution >= 4 is 0 Å². The van der Waals surface area contributed by atoms with Crippen LogP contribution in [0.3, 0.4) is 0 Å². The van der Waals surface area contributed by atoms with E-state index in [1.54, 1.807) is 11.1 Å². The van der Waals surface area contributed by atoms with Crippen LogP contribution in [0.25, 0.3) is 0 Å². The summed E-state index contributed by atoms with van der Waals surface area (Å²) in [5.41, 5.74) is 11.9. The topological polar surface area (TPSA) is 18.5 Å². The van der Waals surface area contributed by atoms with Crippen LogP contribution in [0.1, 0.15) is 57.3 Å². The lowest BCUT2D eigenvalue weighted by Crippen LogP contribution is -2.24. The van der Waals surface area contributed by atoms with E-state index in [1.165, 1.54) is 46.2 Å². The molecule has 0 aliphatic heterocycles. The van der Waals surface area contributed by atoms with E-state index in [-0.39, 0.29) is 5.41 Å². The van der Waals surface area contributed by atoms with Crippen LogP contribution in [0.4, 0.5) is 0 Å². The molecule has 2 heteroatoms. The van der Waals surface area contributed by atoms with E-state index >= 15 is 0 Å². The number of hydrogen-bond donors (Lipinski definition) is 0. The second-order valence-corrected chi connectivity index (χ2v) is 8.77. The molecular formula is C27H26O2. The highest BCUT2D eigenvalue weighted by Crippen LogP contribution is 2.57.